The predicted molar refractivity (Wildman–Crippen MR) is 98.7 cm³/mol. The highest BCUT2D eigenvalue weighted by Crippen LogP contribution is 2.36. The summed E-state index contributed by atoms with van der Waals surface area (Å²) < 4.78 is 0. The molecule has 0 spiro atoms. The summed E-state index contributed by atoms with van der Waals surface area (Å²) in [5, 5.41) is 15.3. The van der Waals surface area contributed by atoms with Gasteiger partial charge in [0, 0.05) is 6.04 Å². The van der Waals surface area contributed by atoms with Gasteiger partial charge < -0.3 is 5.32 Å². The Balaban J connectivity index is 1.82. The molecule has 5 nitrogen and oxygen atoms in total. The Kier molecular flexibility index (Phi) is 6.81. The Bertz CT molecular complexity index is 688. The van der Waals surface area contributed by atoms with Gasteiger partial charge in [-0.25, -0.2) is 0 Å². The molecule has 0 aliphatic heterocycles. The van der Waals surface area contributed by atoms with Gasteiger partial charge in [-0.15, -0.1) is 11.8 Å². The quantitative estimate of drug-likeness (QED) is 0.431. The van der Waals surface area contributed by atoms with Gasteiger partial charge >= 0.3 is 5.00 Å². The van der Waals surface area contributed by atoms with Crippen molar-refractivity contribution in [2.24, 2.45) is 0 Å². The standard InChI is InChI=1S/C17H20N2O3S2/c1-12(8-9-14-6-4-3-5-7-14)18-16(20)13(2)24-15-10-11-23-17(15)19(21)22/h3-7,10-13H,8-9H2,1-2H3,(H,18,20)/t12-,13+/m1/s1. The van der Waals surface area contributed by atoms with Crippen LogP contribution in [0.3, 0.4) is 0 Å². The molecule has 0 radical (unpaired) electrons. The fourth-order valence-corrected chi connectivity index (χ4v) is 4.07. The Labute approximate surface area is 149 Å². The summed E-state index contributed by atoms with van der Waals surface area (Å²) in [4.78, 5) is 23.4. The number of hydrogen-bond acceptors (Lipinski definition) is 5. The van der Waals surface area contributed by atoms with Crippen molar-refractivity contribution in [3.8, 4) is 0 Å². The van der Waals surface area contributed by atoms with Gasteiger partial charge in [0.15, 0.2) is 0 Å². The van der Waals surface area contributed by atoms with E-state index in [4.69, 9.17) is 0 Å². The zero-order valence-corrected chi connectivity index (χ0v) is 15.2. The number of thioether (sulfide) groups is 1. The Hall–Kier alpha value is -1.86. The van der Waals surface area contributed by atoms with Crippen molar-refractivity contribution >= 4 is 34.0 Å². The number of rotatable bonds is 8. The van der Waals surface area contributed by atoms with E-state index in [-0.39, 0.29) is 22.2 Å². The van der Waals surface area contributed by atoms with Crippen LogP contribution in [0.1, 0.15) is 25.8 Å². The van der Waals surface area contributed by atoms with Crippen molar-refractivity contribution in [3.05, 3.63) is 57.5 Å². The molecule has 2 rings (SSSR count). The first-order valence-corrected chi connectivity index (χ1v) is 9.46. The number of carbonyl (C=O) groups is 1. The number of nitrogens with zero attached hydrogens (tertiary/aromatic N) is 1. The third-order valence-corrected chi connectivity index (χ3v) is 5.69. The molecule has 2 atom stereocenters. The van der Waals surface area contributed by atoms with Gasteiger partial charge in [-0.05, 0) is 43.7 Å². The minimum Gasteiger partial charge on any atom is -0.353 e. The van der Waals surface area contributed by atoms with E-state index < -0.39 is 4.92 Å². The van der Waals surface area contributed by atoms with E-state index in [0.29, 0.717) is 4.90 Å². The van der Waals surface area contributed by atoms with Crippen molar-refractivity contribution in [2.75, 3.05) is 0 Å². The third-order valence-electron chi connectivity index (χ3n) is 3.55. The monoisotopic (exact) mass is 364 g/mol. The third kappa shape index (κ3) is 5.35. The molecule has 0 saturated heterocycles. The topological polar surface area (TPSA) is 72.2 Å². The first-order valence-electron chi connectivity index (χ1n) is 7.70. The largest absolute Gasteiger partial charge is 0.353 e. The molecule has 1 heterocycles. The summed E-state index contributed by atoms with van der Waals surface area (Å²) in [6.07, 6.45) is 1.76. The number of hydrogen-bond donors (Lipinski definition) is 1. The van der Waals surface area contributed by atoms with Crippen LogP contribution in [-0.2, 0) is 11.2 Å². The lowest BCUT2D eigenvalue weighted by atomic mass is 10.1. The highest BCUT2D eigenvalue weighted by molar-refractivity contribution is 8.00. The number of carbonyl (C=O) groups excluding carboxylic acids is 1. The number of benzene rings is 1. The van der Waals surface area contributed by atoms with Gasteiger partial charge in [-0.1, -0.05) is 41.7 Å². The maximum absolute atomic E-state index is 12.3. The minimum absolute atomic E-state index is 0.0539. The van der Waals surface area contributed by atoms with E-state index in [2.05, 4.69) is 17.4 Å². The number of amides is 1. The lowest BCUT2D eigenvalue weighted by Gasteiger charge is -2.17. The van der Waals surface area contributed by atoms with Crippen LogP contribution >= 0.6 is 23.1 Å². The van der Waals surface area contributed by atoms with Gasteiger partial charge in [0.05, 0.1) is 15.1 Å². The molecular weight excluding hydrogens is 344 g/mol. The minimum atomic E-state index is -0.403. The first kappa shape index (κ1) is 18.5. The van der Waals surface area contributed by atoms with E-state index in [1.165, 1.54) is 17.3 Å². The van der Waals surface area contributed by atoms with Crippen LogP contribution in [0.4, 0.5) is 5.00 Å². The number of nitrogens with one attached hydrogen (secondary N) is 1. The van der Waals surface area contributed by atoms with Gasteiger partial charge in [0.2, 0.25) is 5.91 Å². The van der Waals surface area contributed by atoms with E-state index in [0.717, 1.165) is 24.2 Å². The summed E-state index contributed by atoms with van der Waals surface area (Å²) in [6.45, 7) is 3.75. The molecule has 0 unspecified atom stereocenters. The number of thiophene rings is 1. The molecule has 1 amide bonds. The molecule has 2 aromatic rings. The Morgan fingerprint density at radius 3 is 2.67 bits per heavy atom. The average molecular weight is 364 g/mol. The molecule has 0 bridgehead atoms. The molecule has 1 aromatic carbocycles. The van der Waals surface area contributed by atoms with Crippen LogP contribution in [0, 0.1) is 10.1 Å². The van der Waals surface area contributed by atoms with Crippen LogP contribution in [0.15, 0.2) is 46.7 Å². The van der Waals surface area contributed by atoms with Gasteiger partial charge in [-0.3, -0.25) is 14.9 Å². The smallest absolute Gasteiger partial charge is 0.337 e. The summed E-state index contributed by atoms with van der Waals surface area (Å²) in [5.41, 5.74) is 1.25. The SMILES string of the molecule is C[C@H](CCc1ccccc1)NC(=O)[C@H](C)Sc1ccsc1[N+](=O)[O-]. The normalized spacial score (nSPS) is 13.2. The average Bonchev–Trinajstić information content (AvgIpc) is 3.02. The van der Waals surface area contributed by atoms with Gasteiger partial charge in [0.1, 0.15) is 0 Å². The fraction of sp³-hybridized carbons (Fsp3) is 0.353. The maximum atomic E-state index is 12.3. The summed E-state index contributed by atoms with van der Waals surface area (Å²) in [7, 11) is 0. The van der Waals surface area contributed by atoms with Crippen molar-refractivity contribution in [3.63, 3.8) is 0 Å². The highest BCUT2D eigenvalue weighted by atomic mass is 32.2. The zero-order chi connectivity index (χ0) is 17.5. The maximum Gasteiger partial charge on any atom is 0.337 e. The Morgan fingerprint density at radius 2 is 2.00 bits per heavy atom. The molecular formula is C17H20N2O3S2. The van der Waals surface area contributed by atoms with Crippen molar-refractivity contribution < 1.29 is 9.72 Å². The number of aryl methyl sites for hydroxylation is 1. The molecule has 7 heteroatoms. The van der Waals surface area contributed by atoms with Gasteiger partial charge in [-0.2, -0.15) is 0 Å². The van der Waals surface area contributed by atoms with E-state index in [1.54, 1.807) is 18.4 Å². The molecule has 0 aliphatic rings. The molecule has 1 N–H and O–H groups in total. The molecule has 128 valence electrons. The lowest BCUT2D eigenvalue weighted by molar-refractivity contribution is -0.382. The number of nitro groups is 1. The Morgan fingerprint density at radius 1 is 1.29 bits per heavy atom. The van der Waals surface area contributed by atoms with E-state index in [9.17, 15) is 14.9 Å². The molecule has 24 heavy (non-hydrogen) atoms. The predicted octanol–water partition coefficient (Wildman–Crippen LogP) is 4.27. The molecule has 1 aromatic heterocycles. The van der Waals surface area contributed by atoms with Crippen molar-refractivity contribution in [1.82, 2.24) is 5.32 Å². The van der Waals surface area contributed by atoms with Crippen molar-refractivity contribution in [1.29, 1.82) is 0 Å². The molecule has 0 fully saturated rings. The second-order valence-electron chi connectivity index (χ2n) is 5.54. The van der Waals surface area contributed by atoms with Crippen LogP contribution in [0.25, 0.3) is 0 Å². The molecule has 0 aliphatic carbocycles. The molecule has 0 saturated carbocycles. The van der Waals surface area contributed by atoms with Crippen LogP contribution in [0.5, 0.6) is 0 Å². The van der Waals surface area contributed by atoms with Crippen LogP contribution in [-0.4, -0.2) is 22.1 Å². The van der Waals surface area contributed by atoms with Crippen molar-refractivity contribution in [2.45, 2.75) is 42.9 Å². The van der Waals surface area contributed by atoms with E-state index in [1.807, 2.05) is 25.1 Å². The lowest BCUT2D eigenvalue weighted by Crippen LogP contribution is -2.37. The first-order chi connectivity index (χ1) is 11.5. The summed E-state index contributed by atoms with van der Waals surface area (Å²) >= 11 is 2.31. The second-order valence-corrected chi connectivity index (χ2v) is 7.82. The van der Waals surface area contributed by atoms with Crippen LogP contribution < -0.4 is 5.32 Å². The van der Waals surface area contributed by atoms with Crippen LogP contribution in [0.2, 0.25) is 0 Å². The van der Waals surface area contributed by atoms with E-state index >= 15 is 0 Å². The summed E-state index contributed by atoms with van der Waals surface area (Å²) in [6, 6.07) is 11.9. The highest BCUT2D eigenvalue weighted by Gasteiger charge is 2.22. The summed E-state index contributed by atoms with van der Waals surface area (Å²) in [5.74, 6) is -0.0962. The second kappa shape index (κ2) is 8.84. The van der Waals surface area contributed by atoms with Gasteiger partial charge in [0.25, 0.3) is 0 Å². The fourth-order valence-electron chi connectivity index (χ4n) is 2.22. The zero-order valence-electron chi connectivity index (χ0n) is 13.6.